The second kappa shape index (κ2) is 6.07. The topological polar surface area (TPSA) is 58.0 Å². The lowest BCUT2D eigenvalue weighted by Crippen LogP contribution is -2.39. The van der Waals surface area contributed by atoms with E-state index in [1.807, 2.05) is 6.07 Å². The number of hydrogen-bond acceptors (Lipinski definition) is 4. The number of likely N-dealkylation sites (tertiary alicyclic amines) is 1. The number of ether oxygens (including phenoxy) is 1. The molecular weight excluding hydrogens is 270 g/mol. The number of rotatable bonds is 4. The van der Waals surface area contributed by atoms with E-state index in [0.717, 1.165) is 26.2 Å². The molecule has 1 N–H and O–H groups in total. The van der Waals surface area contributed by atoms with E-state index in [-0.39, 0.29) is 6.03 Å². The monoisotopic (exact) mass is 293 g/mol. The summed E-state index contributed by atoms with van der Waals surface area (Å²) < 4.78 is 11.0. The Kier molecular flexibility index (Phi) is 4.17. The van der Waals surface area contributed by atoms with Gasteiger partial charge in [-0.15, -0.1) is 0 Å². The normalized spacial score (nSPS) is 28.6. The first-order chi connectivity index (χ1) is 10.1. The lowest BCUT2D eigenvalue weighted by molar-refractivity contribution is 0.0939. The van der Waals surface area contributed by atoms with Gasteiger partial charge in [-0.2, -0.15) is 0 Å². The van der Waals surface area contributed by atoms with E-state index in [1.165, 1.54) is 5.56 Å². The molecule has 0 saturated carbocycles. The quantitative estimate of drug-likeness (QED) is 0.900. The number of amides is 2. The van der Waals surface area contributed by atoms with E-state index < -0.39 is 0 Å². The van der Waals surface area contributed by atoms with Gasteiger partial charge in [-0.05, 0) is 6.07 Å². The summed E-state index contributed by atoms with van der Waals surface area (Å²) in [7, 11) is 3.51. The summed E-state index contributed by atoms with van der Waals surface area (Å²) >= 11 is 0. The van der Waals surface area contributed by atoms with Crippen molar-refractivity contribution in [3.05, 3.63) is 24.2 Å². The van der Waals surface area contributed by atoms with Gasteiger partial charge in [0.05, 0.1) is 25.2 Å². The van der Waals surface area contributed by atoms with E-state index in [1.54, 1.807) is 31.5 Å². The molecule has 3 atom stereocenters. The van der Waals surface area contributed by atoms with Crippen molar-refractivity contribution in [2.75, 3.05) is 40.3 Å². The number of carbonyl (C=O) groups is 1. The van der Waals surface area contributed by atoms with Crippen LogP contribution in [0.1, 0.15) is 5.56 Å². The summed E-state index contributed by atoms with van der Waals surface area (Å²) in [5, 5.41) is 2.97. The summed E-state index contributed by atoms with van der Waals surface area (Å²) in [6, 6.07) is 1.97. The van der Waals surface area contributed by atoms with Gasteiger partial charge in [-0.1, -0.05) is 0 Å². The van der Waals surface area contributed by atoms with Gasteiger partial charge in [0, 0.05) is 57.7 Å². The van der Waals surface area contributed by atoms with Crippen LogP contribution in [0.25, 0.3) is 0 Å². The molecule has 0 bridgehead atoms. The zero-order chi connectivity index (χ0) is 14.8. The standard InChI is InChI=1S/C15H23N3O3/c1-17(2)15(19)16-5-12-10-21-14-8-18(7-13(12)14)6-11-3-4-20-9-11/h3-4,9,12-14H,5-8,10H2,1-2H3,(H,16,19)/t12-,13+,14+/m0/s1. The van der Waals surface area contributed by atoms with Crippen molar-refractivity contribution in [3.63, 3.8) is 0 Å². The number of urea groups is 1. The molecule has 6 nitrogen and oxygen atoms in total. The van der Waals surface area contributed by atoms with Crippen LogP contribution in [0.5, 0.6) is 0 Å². The number of furan rings is 1. The molecule has 2 aliphatic rings. The Morgan fingerprint density at radius 1 is 1.48 bits per heavy atom. The minimum atomic E-state index is -0.0355. The summed E-state index contributed by atoms with van der Waals surface area (Å²) in [4.78, 5) is 15.6. The molecule has 3 heterocycles. The van der Waals surface area contributed by atoms with Crippen LogP contribution in [-0.2, 0) is 11.3 Å². The number of nitrogens with zero attached hydrogens (tertiary/aromatic N) is 2. The average Bonchev–Trinajstić information content (AvgIpc) is 3.14. The molecule has 21 heavy (non-hydrogen) atoms. The van der Waals surface area contributed by atoms with Crippen LogP contribution in [0.3, 0.4) is 0 Å². The molecule has 0 aromatic carbocycles. The molecule has 116 valence electrons. The minimum absolute atomic E-state index is 0.0355. The predicted octanol–water partition coefficient (Wildman–Crippen LogP) is 0.998. The summed E-state index contributed by atoms with van der Waals surface area (Å²) in [5.74, 6) is 0.924. The maximum absolute atomic E-state index is 11.6. The molecular formula is C15H23N3O3. The molecule has 0 radical (unpaired) electrons. The Balaban J connectivity index is 1.50. The van der Waals surface area contributed by atoms with Crippen LogP contribution in [0.2, 0.25) is 0 Å². The molecule has 3 rings (SSSR count). The predicted molar refractivity (Wildman–Crippen MR) is 77.8 cm³/mol. The van der Waals surface area contributed by atoms with Gasteiger partial charge < -0.3 is 19.4 Å². The molecule has 1 aromatic heterocycles. The molecule has 2 fully saturated rings. The van der Waals surface area contributed by atoms with E-state index in [4.69, 9.17) is 9.15 Å². The van der Waals surface area contributed by atoms with Gasteiger partial charge in [0.25, 0.3) is 0 Å². The smallest absolute Gasteiger partial charge is 0.316 e. The van der Waals surface area contributed by atoms with E-state index in [0.29, 0.717) is 24.5 Å². The van der Waals surface area contributed by atoms with Crippen LogP contribution in [-0.4, -0.2) is 62.3 Å². The van der Waals surface area contributed by atoms with Crippen molar-refractivity contribution in [1.29, 1.82) is 0 Å². The van der Waals surface area contributed by atoms with Crippen LogP contribution in [0.4, 0.5) is 4.79 Å². The van der Waals surface area contributed by atoms with Crippen molar-refractivity contribution < 1.29 is 13.9 Å². The van der Waals surface area contributed by atoms with Crippen molar-refractivity contribution in [1.82, 2.24) is 15.1 Å². The van der Waals surface area contributed by atoms with Crippen molar-refractivity contribution in [2.24, 2.45) is 11.8 Å². The molecule has 0 spiro atoms. The second-order valence-corrected chi connectivity index (χ2v) is 6.20. The Morgan fingerprint density at radius 2 is 2.33 bits per heavy atom. The first-order valence-electron chi connectivity index (χ1n) is 7.43. The highest BCUT2D eigenvalue weighted by molar-refractivity contribution is 5.73. The minimum Gasteiger partial charge on any atom is -0.472 e. The highest BCUT2D eigenvalue weighted by Crippen LogP contribution is 2.34. The van der Waals surface area contributed by atoms with Crippen molar-refractivity contribution in [2.45, 2.75) is 12.6 Å². The van der Waals surface area contributed by atoms with Crippen molar-refractivity contribution in [3.8, 4) is 0 Å². The van der Waals surface area contributed by atoms with Crippen LogP contribution >= 0.6 is 0 Å². The fourth-order valence-electron chi connectivity index (χ4n) is 3.24. The molecule has 6 heteroatoms. The largest absolute Gasteiger partial charge is 0.472 e. The Labute approximate surface area is 125 Å². The highest BCUT2D eigenvalue weighted by atomic mass is 16.5. The maximum atomic E-state index is 11.6. The fourth-order valence-corrected chi connectivity index (χ4v) is 3.24. The Bertz CT molecular complexity index is 475. The van der Waals surface area contributed by atoms with Gasteiger partial charge in [-0.3, -0.25) is 4.90 Å². The third-order valence-electron chi connectivity index (χ3n) is 4.42. The Morgan fingerprint density at radius 3 is 3.05 bits per heavy atom. The zero-order valence-corrected chi connectivity index (χ0v) is 12.6. The second-order valence-electron chi connectivity index (χ2n) is 6.20. The highest BCUT2D eigenvalue weighted by Gasteiger charge is 2.43. The molecule has 0 aliphatic carbocycles. The SMILES string of the molecule is CN(C)C(=O)NC[C@H]1CO[C@@H]2CN(Cc3ccoc3)C[C@H]12. The average molecular weight is 293 g/mol. The van der Waals surface area contributed by atoms with Gasteiger partial charge in [-0.25, -0.2) is 4.79 Å². The molecule has 1 aromatic rings. The van der Waals surface area contributed by atoms with Crippen LogP contribution in [0, 0.1) is 11.8 Å². The maximum Gasteiger partial charge on any atom is 0.316 e. The number of fused-ring (bicyclic) bond motifs is 1. The number of hydrogen-bond donors (Lipinski definition) is 1. The van der Waals surface area contributed by atoms with Gasteiger partial charge in [0.1, 0.15) is 0 Å². The third-order valence-corrected chi connectivity index (χ3v) is 4.42. The van der Waals surface area contributed by atoms with Crippen LogP contribution < -0.4 is 5.32 Å². The van der Waals surface area contributed by atoms with E-state index in [2.05, 4.69) is 10.2 Å². The van der Waals surface area contributed by atoms with Crippen molar-refractivity contribution >= 4 is 6.03 Å². The third kappa shape index (κ3) is 3.22. The first-order valence-corrected chi connectivity index (χ1v) is 7.43. The van der Waals surface area contributed by atoms with Gasteiger partial charge >= 0.3 is 6.03 Å². The van der Waals surface area contributed by atoms with E-state index >= 15 is 0 Å². The zero-order valence-electron chi connectivity index (χ0n) is 12.6. The Hall–Kier alpha value is -1.53. The molecule has 2 aliphatic heterocycles. The lowest BCUT2D eigenvalue weighted by atomic mass is 9.93. The molecule has 2 amide bonds. The van der Waals surface area contributed by atoms with E-state index in [9.17, 15) is 4.79 Å². The summed E-state index contributed by atoms with van der Waals surface area (Å²) in [6.07, 6.45) is 3.81. The molecule has 2 saturated heterocycles. The molecule has 0 unspecified atom stereocenters. The lowest BCUT2D eigenvalue weighted by Gasteiger charge is -2.20. The summed E-state index contributed by atoms with van der Waals surface area (Å²) in [5.41, 5.74) is 1.20. The van der Waals surface area contributed by atoms with Gasteiger partial charge in [0.2, 0.25) is 0 Å². The first kappa shape index (κ1) is 14.4. The summed E-state index contributed by atoms with van der Waals surface area (Å²) in [6.45, 7) is 4.34. The van der Waals surface area contributed by atoms with Crippen LogP contribution in [0.15, 0.2) is 23.0 Å². The number of nitrogens with one attached hydrogen (secondary N) is 1. The van der Waals surface area contributed by atoms with Gasteiger partial charge in [0.15, 0.2) is 0 Å². The number of carbonyl (C=O) groups excluding carboxylic acids is 1. The fraction of sp³-hybridized carbons (Fsp3) is 0.667.